The molecule has 0 spiro atoms. The van der Waals surface area contributed by atoms with Crippen molar-refractivity contribution in [2.45, 2.75) is 11.4 Å². The lowest BCUT2D eigenvalue weighted by molar-refractivity contribution is -0.0744. The lowest BCUT2D eigenvalue weighted by atomic mass is 9.64. The smallest absolute Gasteiger partial charge is 0.531 e. The first-order valence-electron chi connectivity index (χ1n) is 12.9. The lowest BCUT2D eigenvalue weighted by Crippen LogP contribution is -2.51. The van der Waals surface area contributed by atoms with Gasteiger partial charge in [-0.2, -0.15) is 8.78 Å². The Kier molecular flexibility index (Phi) is 8.12. The molecule has 24 heteroatoms. The van der Waals surface area contributed by atoms with E-state index in [9.17, 15) is 65.9 Å². The Hall–Kier alpha value is -5.03. The third-order valence-corrected chi connectivity index (χ3v) is 7.76. The molecule has 2 aliphatic carbocycles. The van der Waals surface area contributed by atoms with Crippen LogP contribution in [0.1, 0.15) is 22.3 Å². The minimum absolute atomic E-state index is 2.58. The van der Waals surface area contributed by atoms with Crippen LogP contribution in [-0.2, 0) is 16.1 Å². The minimum Gasteiger partial charge on any atom is -0.531 e. The number of hydrogen-bond acceptors (Lipinski definition) is 2. The zero-order chi connectivity index (χ0) is 39.0. The third-order valence-electron chi connectivity index (χ3n) is 7.76. The number of halogens is 21. The molecule has 0 N–H and O–H groups in total. The predicted octanol–water partition coefficient (Wildman–Crippen LogP) is 10.3. The molecular formula is C28BF21O2. The zero-order valence-electron chi connectivity index (χ0n) is 23.3. The fraction of sp³-hybridized carbons (Fsp3) is 0.0714. The summed E-state index contributed by atoms with van der Waals surface area (Å²) < 4.78 is 319. The van der Waals surface area contributed by atoms with E-state index in [1.807, 2.05) is 0 Å². The molecule has 0 bridgehead atoms. The Morgan fingerprint density at radius 2 is 0.731 bits per heavy atom. The van der Waals surface area contributed by atoms with Crippen molar-refractivity contribution in [2.75, 3.05) is 0 Å². The van der Waals surface area contributed by atoms with Crippen LogP contribution in [0.4, 0.5) is 92.2 Å². The summed E-state index contributed by atoms with van der Waals surface area (Å²) in [6.07, 6.45) is 0. The highest BCUT2D eigenvalue weighted by atomic mass is 19.2. The third kappa shape index (κ3) is 4.31. The summed E-state index contributed by atoms with van der Waals surface area (Å²) in [5.41, 5.74) is -17.1. The summed E-state index contributed by atoms with van der Waals surface area (Å²) in [5.74, 6) is -69.1. The van der Waals surface area contributed by atoms with Gasteiger partial charge in [0.15, 0.2) is 105 Å². The van der Waals surface area contributed by atoms with Crippen molar-refractivity contribution in [3.05, 3.63) is 121 Å². The highest BCUT2D eigenvalue weighted by Gasteiger charge is 2.68. The van der Waals surface area contributed by atoms with Gasteiger partial charge in [0.05, 0.1) is 27.5 Å². The number of fused-ring (bicyclic) bond motifs is 3. The summed E-state index contributed by atoms with van der Waals surface area (Å²) in [5, 5.41) is -5.22. The van der Waals surface area contributed by atoms with Crippen molar-refractivity contribution >= 4 is 29.5 Å². The van der Waals surface area contributed by atoms with Gasteiger partial charge in [0.1, 0.15) is 0 Å². The first-order chi connectivity index (χ1) is 24.0. The van der Waals surface area contributed by atoms with Gasteiger partial charge >= 0.3 is 7.12 Å². The second kappa shape index (κ2) is 11.5. The average Bonchev–Trinajstić information content (AvgIpc) is 3.44. The fourth-order valence-electron chi connectivity index (χ4n) is 5.41. The van der Waals surface area contributed by atoms with Crippen LogP contribution in [0.5, 0.6) is 5.75 Å². The molecule has 2 atom stereocenters. The van der Waals surface area contributed by atoms with Crippen molar-refractivity contribution in [1.29, 1.82) is 0 Å². The molecule has 0 heterocycles. The van der Waals surface area contributed by atoms with E-state index in [1.54, 1.807) is 0 Å². The molecule has 0 aromatic heterocycles. The zero-order valence-corrected chi connectivity index (χ0v) is 23.3. The Morgan fingerprint density at radius 3 is 1.23 bits per heavy atom. The van der Waals surface area contributed by atoms with Crippen LogP contribution in [0.15, 0.2) is 11.7 Å². The van der Waals surface area contributed by atoms with Gasteiger partial charge in [0.25, 0.3) is 5.85 Å². The number of alkyl halides is 2. The van der Waals surface area contributed by atoms with Crippen LogP contribution in [0.25, 0.3) is 22.4 Å². The Bertz CT molecular complexity index is 2400. The van der Waals surface area contributed by atoms with E-state index in [2.05, 4.69) is 9.31 Å². The van der Waals surface area contributed by atoms with Crippen molar-refractivity contribution in [1.82, 2.24) is 0 Å². The van der Waals surface area contributed by atoms with Crippen LogP contribution >= 0.6 is 0 Å². The molecule has 0 saturated heterocycles. The van der Waals surface area contributed by atoms with E-state index in [4.69, 9.17) is 0 Å². The highest BCUT2D eigenvalue weighted by molar-refractivity contribution is 6.51. The number of rotatable bonds is 5. The summed E-state index contributed by atoms with van der Waals surface area (Å²) in [4.78, 5) is 0. The predicted molar refractivity (Wildman–Crippen MR) is 128 cm³/mol. The Balaban J connectivity index is 1.74. The van der Waals surface area contributed by atoms with Crippen molar-refractivity contribution in [2.24, 2.45) is 0 Å². The largest absolute Gasteiger partial charge is 0.581 e. The number of benzene rings is 4. The molecule has 4 aromatic rings. The van der Waals surface area contributed by atoms with E-state index < -0.39 is 168 Å². The molecule has 2 aliphatic rings. The van der Waals surface area contributed by atoms with Gasteiger partial charge in [-0.05, 0) is 0 Å². The van der Waals surface area contributed by atoms with Crippen LogP contribution < -0.4 is 4.65 Å². The van der Waals surface area contributed by atoms with Crippen LogP contribution in [0, 0.1) is 87.3 Å². The quantitative estimate of drug-likeness (QED) is 0.0870. The highest BCUT2D eigenvalue weighted by Crippen LogP contribution is 2.58. The molecule has 274 valence electrons. The van der Waals surface area contributed by atoms with Gasteiger partial charge in [-0.3, -0.25) is 0 Å². The molecular weight excluding hydrogens is 778 g/mol. The summed E-state index contributed by atoms with van der Waals surface area (Å²) in [7, 11) is -4.93. The molecule has 52 heavy (non-hydrogen) atoms. The van der Waals surface area contributed by atoms with Gasteiger partial charge in [-0.25, -0.2) is 83.4 Å². The summed E-state index contributed by atoms with van der Waals surface area (Å²) in [6.45, 7) is 0. The van der Waals surface area contributed by atoms with E-state index in [-0.39, 0.29) is 0 Å². The maximum atomic E-state index is 16.9. The second-order valence-electron chi connectivity index (χ2n) is 10.4. The number of hydrogen-bond donors (Lipinski definition) is 0. The summed E-state index contributed by atoms with van der Waals surface area (Å²) >= 11 is 0. The van der Waals surface area contributed by atoms with Crippen molar-refractivity contribution < 1.29 is 102 Å². The van der Waals surface area contributed by atoms with E-state index >= 15 is 26.3 Å². The summed E-state index contributed by atoms with van der Waals surface area (Å²) in [6, 6.07) is 0. The first kappa shape index (κ1) is 36.8. The van der Waals surface area contributed by atoms with Crippen molar-refractivity contribution in [3.63, 3.8) is 0 Å². The molecule has 2 nitrogen and oxygen atoms in total. The monoisotopic (exact) mass is 778 g/mol. The van der Waals surface area contributed by atoms with Gasteiger partial charge in [0, 0.05) is 5.56 Å². The topological polar surface area (TPSA) is 18.5 Å². The SMILES string of the molecule is FC1=C(F)C(F)(OB(Oc2c(F)c(F)c(F)c3c(F)c(F)c(F)c(F)c23)C2(F)C(F)=C(F)c3c(F)c(F)c(F)c(F)c32)c2c(F)c(F)c(F)c(F)c21. The van der Waals surface area contributed by atoms with Crippen LogP contribution in [-0.4, -0.2) is 7.12 Å². The standard InChI is InChI=1S/C28BF21O2/c30-7-1-2(9(32)17(40)16(7)39)24(23(46)20(43)8(1)31)51-29(27(49)5-3(12(35)25(27)47)10(33)18(41)21(44)14(5)37)52-28(50)6-4(13(36)26(28)48)11(34)19(42)22(45)15(6)38. The molecule has 0 fully saturated rings. The van der Waals surface area contributed by atoms with Crippen molar-refractivity contribution in [3.8, 4) is 5.75 Å². The molecule has 0 amide bonds. The first-order valence-corrected chi connectivity index (χ1v) is 12.9. The van der Waals surface area contributed by atoms with E-state index in [0.29, 0.717) is 0 Å². The molecule has 2 unspecified atom stereocenters. The van der Waals surface area contributed by atoms with Crippen LogP contribution in [0.3, 0.4) is 0 Å². The normalized spacial score (nSPS) is 19.7. The molecule has 0 saturated carbocycles. The second-order valence-corrected chi connectivity index (χ2v) is 10.4. The van der Waals surface area contributed by atoms with Gasteiger partial charge in [-0.15, -0.1) is 0 Å². The van der Waals surface area contributed by atoms with Crippen LogP contribution in [0.2, 0.25) is 0 Å². The lowest BCUT2D eigenvalue weighted by Gasteiger charge is -2.32. The molecule has 0 aliphatic heterocycles. The maximum Gasteiger partial charge on any atom is 0.581 e. The minimum atomic E-state index is -5.80. The van der Waals surface area contributed by atoms with E-state index in [0.717, 1.165) is 0 Å². The molecule has 4 aromatic carbocycles. The average molecular weight is 778 g/mol. The van der Waals surface area contributed by atoms with E-state index in [1.165, 1.54) is 0 Å². The number of allylic oxidation sites excluding steroid dienone is 1. The Labute approximate surface area is 270 Å². The fourth-order valence-corrected chi connectivity index (χ4v) is 5.41. The van der Waals surface area contributed by atoms with Gasteiger partial charge in [0.2, 0.25) is 17.2 Å². The maximum absolute atomic E-state index is 16.9. The van der Waals surface area contributed by atoms with Gasteiger partial charge in [-0.1, -0.05) is 0 Å². The molecule has 0 radical (unpaired) electrons. The molecule has 6 rings (SSSR count). The Morgan fingerprint density at radius 1 is 0.365 bits per heavy atom. The van der Waals surface area contributed by atoms with Gasteiger partial charge < -0.3 is 9.31 Å².